The monoisotopic (exact) mass is 567 g/mol. The first-order valence-corrected chi connectivity index (χ1v) is 15.8. The second kappa shape index (κ2) is 10.4. The molecule has 4 aromatic rings. The molecule has 2 fully saturated rings. The smallest absolute Gasteiger partial charge is 0.358 e. The van der Waals surface area contributed by atoms with Crippen LogP contribution >= 0.6 is 0 Å². The second-order valence-electron chi connectivity index (χ2n) is 11.9. The molecule has 41 heavy (non-hydrogen) atoms. The molecule has 2 aromatic heterocycles. The molecule has 1 N–H and O–H groups in total. The number of pyridine rings is 1. The van der Waals surface area contributed by atoms with E-state index in [2.05, 4.69) is 60.3 Å². The SMILES string of the molecule is CC(C)(C)[Si](OCC(c1ccc(N2C[C@H]3C[C@H]3C2=O)nc1)n1cc(C(=O)O)nn1)(c1ccccc1)c1ccccc1. The van der Waals surface area contributed by atoms with Gasteiger partial charge in [-0.05, 0) is 39.4 Å². The van der Waals surface area contributed by atoms with Crippen molar-refractivity contribution >= 4 is 36.4 Å². The third-order valence-electron chi connectivity index (χ3n) is 8.28. The molecule has 2 aromatic carbocycles. The fourth-order valence-corrected chi connectivity index (χ4v) is 10.6. The van der Waals surface area contributed by atoms with Crippen molar-refractivity contribution in [3.63, 3.8) is 0 Å². The van der Waals surface area contributed by atoms with Gasteiger partial charge in [0.25, 0.3) is 8.32 Å². The van der Waals surface area contributed by atoms with Crippen molar-refractivity contribution in [3.05, 3.63) is 96.4 Å². The van der Waals surface area contributed by atoms with Crippen molar-refractivity contribution in [1.29, 1.82) is 0 Å². The number of carbonyl (C=O) groups is 2. The van der Waals surface area contributed by atoms with Crippen molar-refractivity contribution in [2.75, 3.05) is 18.1 Å². The van der Waals surface area contributed by atoms with Gasteiger partial charge in [-0.3, -0.25) is 9.69 Å². The number of hydrogen-bond donors (Lipinski definition) is 1. The van der Waals surface area contributed by atoms with Crippen molar-refractivity contribution in [2.45, 2.75) is 38.3 Å². The van der Waals surface area contributed by atoms with Gasteiger partial charge in [-0.2, -0.15) is 0 Å². The van der Waals surface area contributed by atoms with Crippen LogP contribution in [0.25, 0.3) is 0 Å². The van der Waals surface area contributed by atoms with Crippen molar-refractivity contribution in [2.24, 2.45) is 11.8 Å². The molecule has 3 heterocycles. The highest BCUT2D eigenvalue weighted by molar-refractivity contribution is 6.99. The van der Waals surface area contributed by atoms with E-state index in [1.54, 1.807) is 11.1 Å². The molecule has 0 radical (unpaired) electrons. The van der Waals surface area contributed by atoms with Gasteiger partial charge < -0.3 is 9.53 Å². The van der Waals surface area contributed by atoms with Crippen LogP contribution in [0.1, 0.15) is 49.3 Å². The first-order valence-electron chi connectivity index (χ1n) is 13.9. The van der Waals surface area contributed by atoms with E-state index in [0.717, 1.165) is 22.4 Å². The quantitative estimate of drug-likeness (QED) is 0.308. The summed E-state index contributed by atoms with van der Waals surface area (Å²) in [5.41, 5.74) is 0.636. The number of rotatable bonds is 9. The summed E-state index contributed by atoms with van der Waals surface area (Å²) in [6.07, 6.45) is 4.13. The molecular weight excluding hydrogens is 534 g/mol. The molecule has 1 aliphatic carbocycles. The van der Waals surface area contributed by atoms with Gasteiger partial charge in [0.2, 0.25) is 5.91 Å². The van der Waals surface area contributed by atoms with E-state index in [1.165, 1.54) is 10.9 Å². The van der Waals surface area contributed by atoms with E-state index < -0.39 is 20.3 Å². The van der Waals surface area contributed by atoms with Crippen LogP contribution in [-0.4, -0.2) is 58.4 Å². The Labute approximate surface area is 239 Å². The molecule has 1 aliphatic heterocycles. The summed E-state index contributed by atoms with van der Waals surface area (Å²) in [6, 6.07) is 23.9. The van der Waals surface area contributed by atoms with Gasteiger partial charge in [-0.1, -0.05) is 92.7 Å². The first-order chi connectivity index (χ1) is 19.7. The van der Waals surface area contributed by atoms with Gasteiger partial charge in [0.15, 0.2) is 5.69 Å². The summed E-state index contributed by atoms with van der Waals surface area (Å²) in [7, 11) is -2.89. The Morgan fingerprint density at radius 2 is 1.71 bits per heavy atom. The van der Waals surface area contributed by atoms with E-state index >= 15 is 0 Å². The number of piperidine rings is 1. The Hall–Kier alpha value is -4.15. The van der Waals surface area contributed by atoms with Gasteiger partial charge in [-0.25, -0.2) is 14.5 Å². The van der Waals surface area contributed by atoms with Crippen LogP contribution in [0.5, 0.6) is 0 Å². The molecule has 2 aliphatic rings. The topological polar surface area (TPSA) is 110 Å². The lowest BCUT2D eigenvalue weighted by Gasteiger charge is -2.43. The van der Waals surface area contributed by atoms with Gasteiger partial charge in [0.05, 0.1) is 12.8 Å². The minimum absolute atomic E-state index is 0.143. The lowest BCUT2D eigenvalue weighted by Crippen LogP contribution is -2.67. The lowest BCUT2D eigenvalue weighted by molar-refractivity contribution is -0.118. The van der Waals surface area contributed by atoms with Crippen molar-refractivity contribution in [3.8, 4) is 0 Å². The summed E-state index contributed by atoms with van der Waals surface area (Å²) in [5.74, 6) is 0.212. The predicted octanol–water partition coefficient (Wildman–Crippen LogP) is 3.52. The zero-order valence-corrected chi connectivity index (χ0v) is 24.3. The first kappa shape index (κ1) is 27.0. The number of carboxylic acids is 1. The van der Waals surface area contributed by atoms with Crippen LogP contribution in [0.2, 0.25) is 5.04 Å². The summed E-state index contributed by atoms with van der Waals surface area (Å²) in [5, 5.41) is 19.6. The fourth-order valence-electron chi connectivity index (χ4n) is 6.06. The summed E-state index contributed by atoms with van der Waals surface area (Å²) in [4.78, 5) is 30.7. The van der Waals surface area contributed by atoms with Gasteiger partial charge in [0, 0.05) is 18.7 Å². The van der Waals surface area contributed by atoms with Crippen LogP contribution in [0.15, 0.2) is 85.2 Å². The Morgan fingerprint density at radius 3 is 2.20 bits per heavy atom. The van der Waals surface area contributed by atoms with E-state index in [9.17, 15) is 14.7 Å². The minimum atomic E-state index is -2.89. The zero-order chi connectivity index (χ0) is 28.8. The van der Waals surface area contributed by atoms with Gasteiger partial charge in [-0.15, -0.1) is 5.10 Å². The van der Waals surface area contributed by atoms with Crippen LogP contribution in [0.3, 0.4) is 0 Å². The largest absolute Gasteiger partial charge is 0.476 e. The van der Waals surface area contributed by atoms with E-state index in [0.29, 0.717) is 18.3 Å². The molecule has 9 nitrogen and oxygen atoms in total. The van der Waals surface area contributed by atoms with Crippen LogP contribution < -0.4 is 15.3 Å². The number of aromatic nitrogens is 4. The standard InChI is InChI=1S/C31H33N5O4Si/c1-31(2,3)41(23-10-6-4-7-11-23,24-12-8-5-9-13-24)40-20-27(36-19-26(30(38)39)33-34-36)21-14-15-28(32-17-21)35-18-22-16-25(22)29(35)37/h4-15,17,19,22,25,27H,16,18,20H2,1-3H3,(H,38,39)/t22-,25-,27?/m1/s1. The number of amides is 1. The number of hydrogen-bond acceptors (Lipinski definition) is 6. The lowest BCUT2D eigenvalue weighted by atomic mass is 10.1. The number of aromatic carboxylic acids is 1. The molecule has 1 saturated heterocycles. The average Bonchev–Trinajstić information content (AvgIpc) is 3.43. The molecule has 1 amide bonds. The Balaban J connectivity index is 1.39. The number of carboxylic acid groups (broad SMARTS) is 1. The average molecular weight is 568 g/mol. The Kier molecular flexibility index (Phi) is 6.83. The summed E-state index contributed by atoms with van der Waals surface area (Å²) in [6.45, 7) is 7.55. The highest BCUT2D eigenvalue weighted by atomic mass is 28.4. The fraction of sp³-hybridized carbons (Fsp3) is 0.323. The third-order valence-corrected chi connectivity index (χ3v) is 13.3. The summed E-state index contributed by atoms with van der Waals surface area (Å²) < 4.78 is 8.72. The molecule has 3 atom stereocenters. The molecule has 1 unspecified atom stereocenters. The highest BCUT2D eigenvalue weighted by Crippen LogP contribution is 2.47. The van der Waals surface area contributed by atoms with E-state index in [4.69, 9.17) is 4.43 Å². The highest BCUT2D eigenvalue weighted by Gasteiger charge is 2.53. The molecule has 210 valence electrons. The van der Waals surface area contributed by atoms with E-state index in [1.807, 2.05) is 48.5 Å². The maximum absolute atomic E-state index is 12.6. The number of fused-ring (bicyclic) bond motifs is 1. The number of anilines is 1. The normalized spacial score (nSPS) is 19.2. The Morgan fingerprint density at radius 1 is 1.05 bits per heavy atom. The van der Waals surface area contributed by atoms with Crippen molar-refractivity contribution in [1.82, 2.24) is 20.0 Å². The molecule has 0 spiro atoms. The van der Waals surface area contributed by atoms with E-state index in [-0.39, 0.29) is 29.2 Å². The zero-order valence-electron chi connectivity index (χ0n) is 23.3. The Bertz CT molecular complexity index is 1510. The number of carbonyl (C=O) groups excluding carboxylic acids is 1. The van der Waals surface area contributed by atoms with Crippen LogP contribution in [0.4, 0.5) is 5.82 Å². The number of nitrogens with zero attached hydrogens (tertiary/aromatic N) is 5. The second-order valence-corrected chi connectivity index (χ2v) is 16.2. The maximum atomic E-state index is 12.6. The summed E-state index contributed by atoms with van der Waals surface area (Å²) >= 11 is 0. The molecule has 6 rings (SSSR count). The number of benzene rings is 2. The molecular formula is C31H33N5O4Si. The molecule has 0 bridgehead atoms. The maximum Gasteiger partial charge on any atom is 0.358 e. The van der Waals surface area contributed by atoms with Gasteiger partial charge in [0.1, 0.15) is 11.9 Å². The van der Waals surface area contributed by atoms with Crippen LogP contribution in [-0.2, 0) is 9.22 Å². The van der Waals surface area contributed by atoms with Crippen molar-refractivity contribution < 1.29 is 19.1 Å². The van der Waals surface area contributed by atoms with Gasteiger partial charge >= 0.3 is 5.97 Å². The third kappa shape index (κ3) is 4.87. The molecule has 1 saturated carbocycles. The minimum Gasteiger partial charge on any atom is -0.476 e. The predicted molar refractivity (Wildman–Crippen MR) is 157 cm³/mol. The molecule has 10 heteroatoms. The van der Waals surface area contributed by atoms with Crippen LogP contribution in [0, 0.1) is 11.8 Å².